The first kappa shape index (κ1) is 19.6. The minimum absolute atomic E-state index is 0.0640. The number of methoxy groups -OCH3 is 1. The van der Waals surface area contributed by atoms with Crippen LogP contribution in [0.1, 0.15) is 29.0 Å². The molecule has 4 rings (SSSR count). The minimum atomic E-state index is -0.125. The van der Waals surface area contributed by atoms with Crippen LogP contribution >= 0.6 is 0 Å². The molecule has 0 unspecified atom stereocenters. The van der Waals surface area contributed by atoms with Crippen LogP contribution in [0.4, 0.5) is 5.82 Å². The summed E-state index contributed by atoms with van der Waals surface area (Å²) in [5.41, 5.74) is 1.12. The standard InChI is InChI=1S/C22H28N4O3/c1-14-8-17(27)11-19(25(14)2)22(28)26-12-15-9-18(20(29-3)10-16(15)13-26)24-21-6-4-5-7-23-21/h4-8,11,15-16,18,20H,9-10,12-13H2,1-3H3,(H,23,24)/t15-,16+,18-,20-/m1/s1. The van der Waals surface area contributed by atoms with Crippen LogP contribution in [0.15, 0.2) is 41.3 Å². The molecule has 4 atom stereocenters. The number of carbonyl (C=O) groups is 1. The van der Waals surface area contributed by atoms with E-state index in [0.717, 1.165) is 24.4 Å². The van der Waals surface area contributed by atoms with Crippen LogP contribution in [0.2, 0.25) is 0 Å². The van der Waals surface area contributed by atoms with Gasteiger partial charge in [-0.05, 0) is 43.7 Å². The SMILES string of the molecule is CO[C@@H]1C[C@H]2CN(C(=O)c3cc(=O)cc(C)n3C)C[C@H]2C[C@H]1Nc1ccccn1. The maximum atomic E-state index is 13.1. The average Bonchev–Trinajstić information content (AvgIpc) is 3.13. The molecule has 0 spiro atoms. The van der Waals surface area contributed by atoms with E-state index in [-0.39, 0.29) is 23.5 Å². The smallest absolute Gasteiger partial charge is 0.270 e. The van der Waals surface area contributed by atoms with Gasteiger partial charge in [-0.3, -0.25) is 9.59 Å². The van der Waals surface area contributed by atoms with Gasteiger partial charge in [0, 0.05) is 51.3 Å². The molecule has 1 saturated heterocycles. The van der Waals surface area contributed by atoms with Gasteiger partial charge in [-0.15, -0.1) is 0 Å². The van der Waals surface area contributed by atoms with Gasteiger partial charge >= 0.3 is 0 Å². The van der Waals surface area contributed by atoms with E-state index in [4.69, 9.17) is 4.74 Å². The van der Waals surface area contributed by atoms with E-state index in [1.54, 1.807) is 23.9 Å². The molecule has 7 heteroatoms. The zero-order valence-corrected chi connectivity index (χ0v) is 17.2. The number of ether oxygens (including phenoxy) is 1. The van der Waals surface area contributed by atoms with Crippen molar-refractivity contribution in [2.45, 2.75) is 31.9 Å². The van der Waals surface area contributed by atoms with Gasteiger partial charge in [-0.2, -0.15) is 0 Å². The van der Waals surface area contributed by atoms with Crippen LogP contribution in [-0.4, -0.2) is 52.7 Å². The van der Waals surface area contributed by atoms with E-state index >= 15 is 0 Å². The Balaban J connectivity index is 1.49. The highest BCUT2D eigenvalue weighted by atomic mass is 16.5. The van der Waals surface area contributed by atoms with Crippen molar-refractivity contribution < 1.29 is 9.53 Å². The maximum Gasteiger partial charge on any atom is 0.270 e. The van der Waals surface area contributed by atoms with Crippen molar-refractivity contribution in [3.8, 4) is 0 Å². The van der Waals surface area contributed by atoms with Gasteiger partial charge < -0.3 is 19.5 Å². The number of carbonyl (C=O) groups excluding carboxylic acids is 1. The van der Waals surface area contributed by atoms with Crippen LogP contribution in [-0.2, 0) is 11.8 Å². The molecule has 0 aromatic carbocycles. The summed E-state index contributed by atoms with van der Waals surface area (Å²) in [7, 11) is 3.58. The third-order valence-corrected chi connectivity index (χ3v) is 6.44. The molecule has 1 amide bonds. The van der Waals surface area contributed by atoms with Gasteiger partial charge in [-0.25, -0.2) is 4.98 Å². The van der Waals surface area contributed by atoms with Crippen molar-refractivity contribution in [3.05, 3.63) is 58.1 Å². The fourth-order valence-corrected chi connectivity index (χ4v) is 4.76. The molecule has 2 aliphatic rings. The van der Waals surface area contributed by atoms with Crippen molar-refractivity contribution in [2.24, 2.45) is 18.9 Å². The number of aryl methyl sites for hydroxylation is 1. The first-order valence-electron chi connectivity index (χ1n) is 10.1. The lowest BCUT2D eigenvalue weighted by Gasteiger charge is -2.37. The van der Waals surface area contributed by atoms with Crippen LogP contribution in [0.3, 0.4) is 0 Å². The summed E-state index contributed by atoms with van der Waals surface area (Å²) >= 11 is 0. The molecule has 7 nitrogen and oxygen atoms in total. The Morgan fingerprint density at radius 3 is 2.66 bits per heavy atom. The lowest BCUT2D eigenvalue weighted by Crippen LogP contribution is -2.44. The number of amides is 1. The topological polar surface area (TPSA) is 76.5 Å². The second-order valence-corrected chi connectivity index (χ2v) is 8.22. The first-order chi connectivity index (χ1) is 14.0. The van der Waals surface area contributed by atoms with E-state index in [1.807, 2.05) is 37.1 Å². The third kappa shape index (κ3) is 3.92. The zero-order valence-electron chi connectivity index (χ0n) is 17.2. The summed E-state index contributed by atoms with van der Waals surface area (Å²) in [6.45, 7) is 3.27. The molecular formula is C22H28N4O3. The lowest BCUT2D eigenvalue weighted by molar-refractivity contribution is 0.0304. The molecule has 1 aliphatic heterocycles. The van der Waals surface area contributed by atoms with Crippen LogP contribution < -0.4 is 10.7 Å². The van der Waals surface area contributed by atoms with Gasteiger partial charge in [0.2, 0.25) is 0 Å². The Labute approximate surface area is 170 Å². The third-order valence-electron chi connectivity index (χ3n) is 6.44. The van der Waals surface area contributed by atoms with Gasteiger partial charge in [0.05, 0.1) is 12.1 Å². The molecule has 2 aromatic heterocycles. The van der Waals surface area contributed by atoms with Crippen molar-refractivity contribution in [1.29, 1.82) is 0 Å². The summed E-state index contributed by atoms with van der Waals surface area (Å²) in [4.78, 5) is 31.3. The van der Waals surface area contributed by atoms with E-state index in [2.05, 4.69) is 10.3 Å². The number of hydrogen-bond donors (Lipinski definition) is 1. The van der Waals surface area contributed by atoms with Crippen molar-refractivity contribution in [2.75, 3.05) is 25.5 Å². The molecule has 2 aromatic rings. The molecule has 0 radical (unpaired) electrons. The number of nitrogens with zero attached hydrogens (tertiary/aromatic N) is 3. The van der Waals surface area contributed by atoms with Gasteiger partial charge in [0.1, 0.15) is 11.5 Å². The Hall–Kier alpha value is -2.67. The van der Waals surface area contributed by atoms with E-state index in [9.17, 15) is 9.59 Å². The molecule has 1 aliphatic carbocycles. The molecule has 1 saturated carbocycles. The number of fused-ring (bicyclic) bond motifs is 1. The van der Waals surface area contributed by atoms with Crippen LogP contribution in [0, 0.1) is 18.8 Å². The summed E-state index contributed by atoms with van der Waals surface area (Å²) in [5, 5.41) is 3.51. The monoisotopic (exact) mass is 396 g/mol. The number of pyridine rings is 2. The summed E-state index contributed by atoms with van der Waals surface area (Å²) in [5.74, 6) is 1.60. The maximum absolute atomic E-state index is 13.1. The Bertz CT molecular complexity index is 943. The molecular weight excluding hydrogens is 368 g/mol. The molecule has 29 heavy (non-hydrogen) atoms. The van der Waals surface area contributed by atoms with Gasteiger partial charge in [-0.1, -0.05) is 6.07 Å². The molecule has 2 fully saturated rings. The molecule has 1 N–H and O–H groups in total. The second kappa shape index (κ2) is 7.99. The lowest BCUT2D eigenvalue weighted by atomic mass is 9.77. The molecule has 154 valence electrons. The zero-order chi connectivity index (χ0) is 20.5. The fourth-order valence-electron chi connectivity index (χ4n) is 4.76. The second-order valence-electron chi connectivity index (χ2n) is 8.22. The largest absolute Gasteiger partial charge is 0.379 e. The fraction of sp³-hybridized carbons (Fsp3) is 0.500. The van der Waals surface area contributed by atoms with Crippen molar-refractivity contribution >= 4 is 11.7 Å². The number of rotatable bonds is 4. The first-order valence-corrected chi connectivity index (χ1v) is 10.1. The minimum Gasteiger partial charge on any atom is -0.379 e. The predicted octanol–water partition coefficient (Wildman–Crippen LogP) is 2.07. The van der Waals surface area contributed by atoms with Crippen molar-refractivity contribution in [1.82, 2.24) is 14.5 Å². The highest BCUT2D eigenvalue weighted by Gasteiger charge is 2.44. The number of aromatic nitrogens is 2. The Morgan fingerprint density at radius 1 is 1.21 bits per heavy atom. The quantitative estimate of drug-likeness (QED) is 0.856. The van der Waals surface area contributed by atoms with Crippen molar-refractivity contribution in [3.63, 3.8) is 0 Å². The van der Waals surface area contributed by atoms with Gasteiger partial charge in [0.25, 0.3) is 5.91 Å². The average molecular weight is 396 g/mol. The summed E-state index contributed by atoms with van der Waals surface area (Å²) < 4.78 is 7.58. The van der Waals surface area contributed by atoms with Crippen LogP contribution in [0.25, 0.3) is 0 Å². The number of nitrogens with one attached hydrogen (secondary N) is 1. The highest BCUT2D eigenvalue weighted by molar-refractivity contribution is 5.92. The molecule has 0 bridgehead atoms. The highest BCUT2D eigenvalue weighted by Crippen LogP contribution is 2.38. The predicted molar refractivity (Wildman–Crippen MR) is 111 cm³/mol. The number of hydrogen-bond acceptors (Lipinski definition) is 5. The Morgan fingerprint density at radius 2 is 1.97 bits per heavy atom. The number of likely N-dealkylation sites (tertiary alicyclic amines) is 1. The van der Waals surface area contributed by atoms with Crippen LogP contribution in [0.5, 0.6) is 0 Å². The van der Waals surface area contributed by atoms with E-state index in [1.165, 1.54) is 6.07 Å². The van der Waals surface area contributed by atoms with Gasteiger partial charge in [0.15, 0.2) is 5.43 Å². The summed E-state index contributed by atoms with van der Waals surface area (Å²) in [6.07, 6.45) is 3.69. The van der Waals surface area contributed by atoms with E-state index < -0.39 is 0 Å². The van der Waals surface area contributed by atoms with E-state index in [0.29, 0.717) is 30.6 Å². The summed E-state index contributed by atoms with van der Waals surface area (Å²) in [6, 6.07) is 8.98. The normalized spacial score (nSPS) is 26.2. The number of anilines is 1. The molecule has 3 heterocycles. The Kier molecular flexibility index (Phi) is 5.41.